The molecule has 3 aromatic rings. The van der Waals surface area contributed by atoms with Crippen LogP contribution in [0.3, 0.4) is 0 Å². The van der Waals surface area contributed by atoms with Crippen LogP contribution in [0.5, 0.6) is 5.75 Å². The van der Waals surface area contributed by atoms with Crippen molar-refractivity contribution in [1.29, 1.82) is 0 Å². The third-order valence-electron chi connectivity index (χ3n) is 4.43. The van der Waals surface area contributed by atoms with E-state index in [1.54, 1.807) is 7.11 Å². The number of hydrogen-bond acceptors (Lipinski definition) is 4. The van der Waals surface area contributed by atoms with E-state index < -0.39 is 6.10 Å². The maximum atomic E-state index is 10.0. The lowest BCUT2D eigenvalue weighted by Gasteiger charge is -2.28. The molecule has 4 heteroatoms. The van der Waals surface area contributed by atoms with Crippen LogP contribution in [0.25, 0.3) is 0 Å². The molecule has 4 nitrogen and oxygen atoms in total. The number of benzene rings is 3. The van der Waals surface area contributed by atoms with E-state index in [1.165, 1.54) is 0 Å². The van der Waals surface area contributed by atoms with Crippen LogP contribution in [0.2, 0.25) is 0 Å². The highest BCUT2D eigenvalue weighted by molar-refractivity contribution is 5.48. The lowest BCUT2D eigenvalue weighted by molar-refractivity contribution is -0.00891. The zero-order valence-corrected chi connectivity index (χ0v) is 15.4. The minimum atomic E-state index is -0.394. The molecular formula is C23H25NO3. The van der Waals surface area contributed by atoms with Gasteiger partial charge in [0.05, 0.1) is 26.4 Å². The van der Waals surface area contributed by atoms with Crippen molar-refractivity contribution in [3.05, 3.63) is 96.1 Å². The summed E-state index contributed by atoms with van der Waals surface area (Å²) in [7, 11) is 1.65. The first kappa shape index (κ1) is 19.0. The van der Waals surface area contributed by atoms with Crippen molar-refractivity contribution in [1.82, 2.24) is 0 Å². The Balaban J connectivity index is 1.78. The fraction of sp³-hybridized carbons (Fsp3) is 0.217. The second-order valence-corrected chi connectivity index (χ2v) is 6.28. The Bertz CT molecular complexity index is 791. The lowest BCUT2D eigenvalue weighted by atomic mass is 10.0. The lowest BCUT2D eigenvalue weighted by Crippen LogP contribution is -2.31. The highest BCUT2D eigenvalue weighted by Gasteiger charge is 2.23. The Labute approximate surface area is 160 Å². The Morgan fingerprint density at radius 3 is 2.07 bits per heavy atom. The monoisotopic (exact) mass is 363 g/mol. The summed E-state index contributed by atoms with van der Waals surface area (Å²) in [5.74, 6) is 0.802. The number of nitrogens with one attached hydrogen (secondary N) is 1. The molecule has 0 aliphatic rings. The third-order valence-corrected chi connectivity index (χ3v) is 4.43. The molecule has 0 heterocycles. The molecule has 0 fully saturated rings. The topological polar surface area (TPSA) is 50.7 Å². The molecule has 2 unspecified atom stereocenters. The molecular weight excluding hydrogens is 338 g/mol. The number of ether oxygens (including phenoxy) is 2. The molecule has 2 N–H and O–H groups in total. The molecule has 0 aliphatic heterocycles. The zero-order chi connectivity index (χ0) is 18.9. The third kappa shape index (κ3) is 5.33. The molecule has 0 saturated carbocycles. The van der Waals surface area contributed by atoms with Crippen LogP contribution in [0.15, 0.2) is 84.9 Å². The van der Waals surface area contributed by atoms with Crippen LogP contribution in [-0.4, -0.2) is 24.9 Å². The van der Waals surface area contributed by atoms with Gasteiger partial charge in [0.1, 0.15) is 11.9 Å². The van der Waals surface area contributed by atoms with Crippen molar-refractivity contribution in [3.63, 3.8) is 0 Å². The first-order valence-electron chi connectivity index (χ1n) is 9.02. The van der Waals surface area contributed by atoms with E-state index in [1.807, 2.05) is 84.9 Å². The Hall–Kier alpha value is -2.82. The summed E-state index contributed by atoms with van der Waals surface area (Å²) in [5.41, 5.74) is 3.07. The minimum Gasteiger partial charge on any atom is -0.497 e. The Morgan fingerprint density at radius 1 is 0.852 bits per heavy atom. The molecule has 0 spiro atoms. The van der Waals surface area contributed by atoms with E-state index in [0.717, 1.165) is 22.6 Å². The average Bonchev–Trinajstić information content (AvgIpc) is 2.75. The van der Waals surface area contributed by atoms with Crippen LogP contribution >= 0.6 is 0 Å². The highest BCUT2D eigenvalue weighted by atomic mass is 16.5. The van der Waals surface area contributed by atoms with Crippen molar-refractivity contribution in [3.8, 4) is 5.75 Å². The van der Waals surface area contributed by atoms with Crippen LogP contribution in [0.1, 0.15) is 17.2 Å². The normalized spacial score (nSPS) is 13.0. The molecule has 3 rings (SSSR count). The molecule has 0 amide bonds. The Kier molecular flexibility index (Phi) is 6.85. The molecule has 3 aromatic carbocycles. The smallest absolute Gasteiger partial charge is 0.119 e. The van der Waals surface area contributed by atoms with Crippen molar-refractivity contribution in [2.45, 2.75) is 18.8 Å². The summed E-state index contributed by atoms with van der Waals surface area (Å²) in [6.45, 7) is 0.356. The second kappa shape index (κ2) is 9.76. The van der Waals surface area contributed by atoms with E-state index in [9.17, 15) is 5.11 Å². The van der Waals surface area contributed by atoms with Crippen molar-refractivity contribution < 1.29 is 14.6 Å². The van der Waals surface area contributed by atoms with Gasteiger partial charge in [-0.2, -0.15) is 0 Å². The number of aliphatic hydroxyl groups excluding tert-OH is 1. The van der Waals surface area contributed by atoms with E-state index in [2.05, 4.69) is 5.32 Å². The van der Waals surface area contributed by atoms with Crippen molar-refractivity contribution >= 4 is 5.69 Å². The quantitative estimate of drug-likeness (QED) is 0.591. The molecule has 140 valence electrons. The fourth-order valence-corrected chi connectivity index (χ4v) is 2.95. The molecule has 0 aromatic heterocycles. The second-order valence-electron chi connectivity index (χ2n) is 6.28. The summed E-state index contributed by atoms with van der Waals surface area (Å²) >= 11 is 0. The van der Waals surface area contributed by atoms with Crippen LogP contribution in [-0.2, 0) is 11.3 Å². The number of anilines is 1. The van der Waals surface area contributed by atoms with Gasteiger partial charge in [0.15, 0.2) is 0 Å². The molecule has 0 bridgehead atoms. The Morgan fingerprint density at radius 2 is 1.48 bits per heavy atom. The first-order chi connectivity index (χ1) is 13.3. The van der Waals surface area contributed by atoms with Crippen LogP contribution in [0, 0.1) is 0 Å². The van der Waals surface area contributed by atoms with Gasteiger partial charge in [0.2, 0.25) is 0 Å². The largest absolute Gasteiger partial charge is 0.497 e. The van der Waals surface area contributed by atoms with Gasteiger partial charge in [-0.25, -0.2) is 0 Å². The predicted molar refractivity (Wildman–Crippen MR) is 108 cm³/mol. The van der Waals surface area contributed by atoms with Gasteiger partial charge in [-0.3, -0.25) is 0 Å². The fourth-order valence-electron chi connectivity index (χ4n) is 2.95. The summed E-state index contributed by atoms with van der Waals surface area (Å²) in [5, 5.41) is 13.5. The number of aliphatic hydroxyl groups is 1. The summed E-state index contributed by atoms with van der Waals surface area (Å²) in [6.07, 6.45) is -0.394. The summed E-state index contributed by atoms with van der Waals surface area (Å²) < 4.78 is 11.3. The molecule has 0 saturated heterocycles. The number of rotatable bonds is 9. The first-order valence-corrected chi connectivity index (χ1v) is 9.02. The van der Waals surface area contributed by atoms with E-state index in [0.29, 0.717) is 6.61 Å². The standard InChI is InChI=1S/C23H25NO3/c1-26-21-14-12-20(13-15-21)24-23(19-10-6-3-7-11-19)22(16-25)27-17-18-8-4-2-5-9-18/h2-15,22-25H,16-17H2,1H3. The van der Waals surface area contributed by atoms with Gasteiger partial charge in [0, 0.05) is 5.69 Å². The highest BCUT2D eigenvalue weighted by Crippen LogP contribution is 2.26. The van der Waals surface area contributed by atoms with E-state index in [4.69, 9.17) is 9.47 Å². The zero-order valence-electron chi connectivity index (χ0n) is 15.4. The van der Waals surface area contributed by atoms with Gasteiger partial charge < -0.3 is 19.9 Å². The van der Waals surface area contributed by atoms with Gasteiger partial charge >= 0.3 is 0 Å². The van der Waals surface area contributed by atoms with Gasteiger partial charge in [0.25, 0.3) is 0 Å². The molecule has 0 radical (unpaired) electrons. The maximum absolute atomic E-state index is 10.0. The van der Waals surface area contributed by atoms with Crippen molar-refractivity contribution in [2.75, 3.05) is 19.0 Å². The van der Waals surface area contributed by atoms with Crippen LogP contribution in [0.4, 0.5) is 5.69 Å². The minimum absolute atomic E-state index is 0.0877. The average molecular weight is 363 g/mol. The van der Waals surface area contributed by atoms with E-state index in [-0.39, 0.29) is 12.6 Å². The maximum Gasteiger partial charge on any atom is 0.119 e. The number of methoxy groups -OCH3 is 1. The predicted octanol–water partition coefficient (Wildman–Crippen LogP) is 4.43. The number of hydrogen-bond donors (Lipinski definition) is 2. The molecule has 0 aliphatic carbocycles. The van der Waals surface area contributed by atoms with Gasteiger partial charge in [-0.05, 0) is 35.4 Å². The molecule has 27 heavy (non-hydrogen) atoms. The SMILES string of the molecule is COc1ccc(NC(c2ccccc2)C(CO)OCc2ccccc2)cc1. The summed E-state index contributed by atoms with van der Waals surface area (Å²) in [4.78, 5) is 0. The van der Waals surface area contributed by atoms with Gasteiger partial charge in [-0.1, -0.05) is 60.7 Å². The molecule has 2 atom stereocenters. The van der Waals surface area contributed by atoms with E-state index >= 15 is 0 Å². The van der Waals surface area contributed by atoms with Gasteiger partial charge in [-0.15, -0.1) is 0 Å². The van der Waals surface area contributed by atoms with Crippen LogP contribution < -0.4 is 10.1 Å². The van der Waals surface area contributed by atoms with Crippen molar-refractivity contribution in [2.24, 2.45) is 0 Å². The summed E-state index contributed by atoms with van der Waals surface area (Å²) in [6, 6.07) is 27.6.